The Morgan fingerprint density at radius 3 is 2.78 bits per heavy atom. The molecule has 3 atom stereocenters. The number of carbonyl (C=O) groups excluding carboxylic acids is 3. The summed E-state index contributed by atoms with van der Waals surface area (Å²) in [6, 6.07) is 6.24. The monoisotopic (exact) mass is 391 g/mol. The lowest BCUT2D eigenvalue weighted by Crippen LogP contribution is -2.55. The van der Waals surface area contributed by atoms with Crippen molar-refractivity contribution in [3.05, 3.63) is 35.4 Å². The molecule has 1 aromatic carbocycles. The molecule has 27 heavy (non-hydrogen) atoms. The Morgan fingerprint density at radius 2 is 2.07 bits per heavy atom. The summed E-state index contributed by atoms with van der Waals surface area (Å²) < 4.78 is 4.94. The van der Waals surface area contributed by atoms with Crippen molar-refractivity contribution >= 4 is 29.5 Å². The van der Waals surface area contributed by atoms with Crippen LogP contribution in [0.5, 0.6) is 0 Å². The van der Waals surface area contributed by atoms with E-state index in [0.29, 0.717) is 24.5 Å². The smallest absolute Gasteiger partial charge is 0.256 e. The third kappa shape index (κ3) is 3.82. The number of rotatable bonds is 7. The Bertz CT molecular complexity index is 739. The van der Waals surface area contributed by atoms with Crippen molar-refractivity contribution in [2.75, 3.05) is 26.0 Å². The van der Waals surface area contributed by atoms with Crippen LogP contribution in [0.3, 0.4) is 0 Å². The molecule has 1 aromatic rings. The predicted octanol–water partition coefficient (Wildman–Crippen LogP) is 1.16. The molecule has 0 radical (unpaired) electrons. The first-order chi connectivity index (χ1) is 13.0. The summed E-state index contributed by atoms with van der Waals surface area (Å²) in [6.45, 7) is 4.55. The van der Waals surface area contributed by atoms with Crippen LogP contribution in [0.4, 0.5) is 0 Å². The van der Waals surface area contributed by atoms with Crippen molar-refractivity contribution in [3.8, 4) is 0 Å². The first-order valence-electron chi connectivity index (χ1n) is 9.06. The maximum atomic E-state index is 12.9. The molecule has 146 valence electrons. The van der Waals surface area contributed by atoms with E-state index in [2.05, 4.69) is 10.6 Å². The number of nitrogens with zero attached hydrogens (tertiary/aromatic N) is 1. The Labute approximate surface area is 163 Å². The van der Waals surface area contributed by atoms with Crippen LogP contribution in [0, 0.1) is 5.92 Å². The number of thioether (sulfide) groups is 1. The molecule has 0 spiro atoms. The fraction of sp³-hybridized carbons (Fsp3) is 0.526. The molecule has 2 aliphatic heterocycles. The van der Waals surface area contributed by atoms with Gasteiger partial charge in [-0.05, 0) is 17.5 Å². The molecule has 0 bridgehead atoms. The highest BCUT2D eigenvalue weighted by molar-refractivity contribution is 7.99. The summed E-state index contributed by atoms with van der Waals surface area (Å²) in [5.74, 6) is -0.202. The van der Waals surface area contributed by atoms with Crippen LogP contribution in [0.1, 0.15) is 35.1 Å². The van der Waals surface area contributed by atoms with Crippen molar-refractivity contribution in [1.82, 2.24) is 15.5 Å². The van der Waals surface area contributed by atoms with E-state index in [0.717, 1.165) is 5.56 Å². The molecule has 2 heterocycles. The van der Waals surface area contributed by atoms with Crippen LogP contribution >= 0.6 is 11.8 Å². The number of ether oxygens (including phenoxy) is 1. The van der Waals surface area contributed by atoms with Crippen LogP contribution in [0.2, 0.25) is 0 Å². The molecule has 2 N–H and O–H groups in total. The normalized spacial score (nSPS) is 21.8. The number of carbonyl (C=O) groups is 3. The molecule has 0 saturated carbocycles. The lowest BCUT2D eigenvalue weighted by Gasteiger charge is -2.27. The largest absolute Gasteiger partial charge is 0.383 e. The van der Waals surface area contributed by atoms with E-state index in [1.807, 2.05) is 32.0 Å². The molecule has 3 amide bonds. The van der Waals surface area contributed by atoms with Gasteiger partial charge in [0, 0.05) is 25.0 Å². The van der Waals surface area contributed by atoms with E-state index < -0.39 is 12.1 Å². The maximum absolute atomic E-state index is 12.9. The van der Waals surface area contributed by atoms with Gasteiger partial charge in [-0.1, -0.05) is 32.0 Å². The molecule has 0 aromatic heterocycles. The van der Waals surface area contributed by atoms with E-state index in [9.17, 15) is 14.4 Å². The Hall–Kier alpha value is -2.06. The average molecular weight is 391 g/mol. The summed E-state index contributed by atoms with van der Waals surface area (Å²) in [7, 11) is 1.56. The fourth-order valence-corrected chi connectivity index (χ4v) is 4.88. The topological polar surface area (TPSA) is 87.7 Å². The third-order valence-corrected chi connectivity index (χ3v) is 6.15. The number of amides is 3. The minimum Gasteiger partial charge on any atom is -0.383 e. The van der Waals surface area contributed by atoms with Crippen LogP contribution in [0.15, 0.2) is 24.3 Å². The number of fused-ring (bicyclic) bond motifs is 3. The van der Waals surface area contributed by atoms with E-state index in [1.165, 1.54) is 0 Å². The Balaban J connectivity index is 1.69. The van der Waals surface area contributed by atoms with Crippen LogP contribution in [-0.4, -0.2) is 60.7 Å². The van der Waals surface area contributed by atoms with Gasteiger partial charge >= 0.3 is 0 Å². The van der Waals surface area contributed by atoms with Crippen molar-refractivity contribution < 1.29 is 19.1 Å². The minimum absolute atomic E-state index is 0.0761. The molecule has 1 fully saturated rings. The lowest BCUT2D eigenvalue weighted by atomic mass is 10.0. The molecular formula is C19H25N3O4S. The molecule has 8 heteroatoms. The molecular weight excluding hydrogens is 366 g/mol. The molecule has 2 aliphatic rings. The van der Waals surface area contributed by atoms with E-state index in [4.69, 9.17) is 4.74 Å². The second-order valence-electron chi connectivity index (χ2n) is 7.02. The zero-order valence-electron chi connectivity index (χ0n) is 15.7. The van der Waals surface area contributed by atoms with Crippen molar-refractivity contribution in [2.45, 2.75) is 31.3 Å². The van der Waals surface area contributed by atoms with Crippen LogP contribution < -0.4 is 10.6 Å². The zero-order chi connectivity index (χ0) is 19.6. The van der Waals surface area contributed by atoms with E-state index >= 15 is 0 Å². The summed E-state index contributed by atoms with van der Waals surface area (Å²) in [4.78, 5) is 39.7. The summed E-state index contributed by atoms with van der Waals surface area (Å²) in [5.41, 5.74) is 1.62. The second-order valence-corrected chi connectivity index (χ2v) is 8.13. The van der Waals surface area contributed by atoms with Gasteiger partial charge in [0.05, 0.1) is 6.61 Å². The summed E-state index contributed by atoms with van der Waals surface area (Å²) >= 11 is 1.58. The SMILES string of the molecule is COCCNC(=O)[C@@H](NC(=O)[C@@H]1CSC2c3ccccc3C(=O)N21)C(C)C. The Kier molecular flexibility index (Phi) is 6.06. The van der Waals surface area contributed by atoms with Gasteiger partial charge in [0.25, 0.3) is 5.91 Å². The van der Waals surface area contributed by atoms with Crippen molar-refractivity contribution in [3.63, 3.8) is 0 Å². The number of hydrogen-bond acceptors (Lipinski definition) is 5. The van der Waals surface area contributed by atoms with E-state index in [-0.39, 0.29) is 29.0 Å². The Morgan fingerprint density at radius 1 is 1.33 bits per heavy atom. The van der Waals surface area contributed by atoms with Gasteiger partial charge in [0.15, 0.2) is 0 Å². The molecule has 1 saturated heterocycles. The highest BCUT2D eigenvalue weighted by Gasteiger charge is 2.48. The van der Waals surface area contributed by atoms with Crippen LogP contribution in [-0.2, 0) is 14.3 Å². The zero-order valence-corrected chi connectivity index (χ0v) is 16.5. The van der Waals surface area contributed by atoms with Gasteiger partial charge in [-0.3, -0.25) is 14.4 Å². The van der Waals surface area contributed by atoms with Gasteiger partial charge in [0.2, 0.25) is 11.8 Å². The summed E-state index contributed by atoms with van der Waals surface area (Å²) in [6.07, 6.45) is 0. The van der Waals surface area contributed by atoms with Gasteiger partial charge in [-0.15, -0.1) is 11.8 Å². The van der Waals surface area contributed by atoms with Crippen molar-refractivity contribution in [2.24, 2.45) is 5.92 Å². The maximum Gasteiger partial charge on any atom is 0.256 e. The highest BCUT2D eigenvalue weighted by Crippen LogP contribution is 2.48. The quantitative estimate of drug-likeness (QED) is 0.681. The van der Waals surface area contributed by atoms with Gasteiger partial charge in [-0.2, -0.15) is 0 Å². The van der Waals surface area contributed by atoms with Crippen molar-refractivity contribution in [1.29, 1.82) is 0 Å². The molecule has 1 unspecified atom stereocenters. The second kappa shape index (κ2) is 8.31. The van der Waals surface area contributed by atoms with Gasteiger partial charge in [-0.25, -0.2) is 0 Å². The first kappa shape index (κ1) is 19.7. The van der Waals surface area contributed by atoms with Crippen LogP contribution in [0.25, 0.3) is 0 Å². The number of methoxy groups -OCH3 is 1. The molecule has 0 aliphatic carbocycles. The fourth-order valence-electron chi connectivity index (χ4n) is 3.41. The molecule has 3 rings (SSSR count). The van der Waals surface area contributed by atoms with Gasteiger partial charge in [0.1, 0.15) is 17.5 Å². The average Bonchev–Trinajstić information content (AvgIpc) is 3.20. The van der Waals surface area contributed by atoms with E-state index in [1.54, 1.807) is 29.8 Å². The first-order valence-corrected chi connectivity index (χ1v) is 10.1. The predicted molar refractivity (Wildman–Crippen MR) is 103 cm³/mol. The minimum atomic E-state index is -0.654. The number of hydrogen-bond donors (Lipinski definition) is 2. The number of benzene rings is 1. The third-order valence-electron chi connectivity index (χ3n) is 4.85. The number of nitrogens with one attached hydrogen (secondary N) is 2. The summed E-state index contributed by atoms with van der Waals surface area (Å²) in [5, 5.41) is 5.48. The standard InChI is InChI=1S/C19H25N3O4S/c1-11(2)15(17(24)20-8-9-26-3)21-16(23)14-10-27-19-13-7-5-4-6-12(13)18(25)22(14)19/h4-7,11,14-15,19H,8-10H2,1-3H3,(H,20,24)(H,21,23)/t14-,15-,19?/m0/s1. The molecule has 7 nitrogen and oxygen atoms in total. The van der Waals surface area contributed by atoms with Gasteiger partial charge < -0.3 is 20.3 Å². The lowest BCUT2D eigenvalue weighted by molar-refractivity contribution is -0.132. The highest BCUT2D eigenvalue weighted by atomic mass is 32.2.